The zero-order valence-corrected chi connectivity index (χ0v) is 37.2. The first-order chi connectivity index (χ1) is 27.3. The van der Waals surface area contributed by atoms with Crippen molar-refractivity contribution in [3.63, 3.8) is 0 Å². The van der Waals surface area contributed by atoms with Crippen molar-refractivity contribution in [1.82, 2.24) is 0 Å². The van der Waals surface area contributed by atoms with E-state index in [-0.39, 0.29) is 19.4 Å². The Kier molecular flexibility index (Phi) is 41.5. The minimum Gasteiger partial charge on any atom is -0.462 e. The van der Waals surface area contributed by atoms with Crippen molar-refractivity contribution >= 4 is 19.8 Å². The molecule has 0 bridgehead atoms. The minimum atomic E-state index is -4.77. The molecule has 1 atom stereocenters. The molecule has 0 aromatic heterocycles. The van der Waals surface area contributed by atoms with Gasteiger partial charge in [0.2, 0.25) is 0 Å². The minimum absolute atomic E-state index is 0.159. The molecule has 2 N–H and O–H groups in total. The van der Waals surface area contributed by atoms with Crippen LogP contribution in [0.2, 0.25) is 0 Å². The second kappa shape index (κ2) is 42.9. The highest BCUT2D eigenvalue weighted by Crippen LogP contribution is 2.36. The summed E-state index contributed by atoms with van der Waals surface area (Å²) in [5, 5.41) is 0. The van der Waals surface area contributed by atoms with E-state index in [4.69, 9.17) is 19.3 Å². The Morgan fingerprint density at radius 1 is 0.464 bits per heavy atom. The summed E-state index contributed by atoms with van der Waals surface area (Å²) in [6.45, 7) is 3.65. The number of esters is 2. The van der Waals surface area contributed by atoms with E-state index in [1.807, 2.05) is 0 Å². The highest BCUT2D eigenvalue weighted by molar-refractivity contribution is 7.46. The first kappa shape index (κ1) is 54.3. The molecule has 0 fully saturated rings. The highest BCUT2D eigenvalue weighted by atomic mass is 31.2. The number of hydrogen-bond acceptors (Lipinski definition) is 6. The summed E-state index contributed by atoms with van der Waals surface area (Å²) < 4.78 is 26.4. The lowest BCUT2D eigenvalue weighted by Crippen LogP contribution is -2.29. The van der Waals surface area contributed by atoms with Crippen molar-refractivity contribution in [3.05, 3.63) is 36.5 Å². The molecule has 0 aromatic carbocycles. The van der Waals surface area contributed by atoms with Crippen LogP contribution in [-0.2, 0) is 28.2 Å². The van der Waals surface area contributed by atoms with Crippen molar-refractivity contribution in [2.75, 3.05) is 13.2 Å². The van der Waals surface area contributed by atoms with E-state index < -0.39 is 32.5 Å². The fourth-order valence-electron chi connectivity index (χ4n) is 6.64. The van der Waals surface area contributed by atoms with Gasteiger partial charge in [-0.2, -0.15) is 0 Å². The zero-order valence-electron chi connectivity index (χ0n) is 36.3. The van der Waals surface area contributed by atoms with Crippen LogP contribution < -0.4 is 0 Å². The van der Waals surface area contributed by atoms with E-state index in [0.717, 1.165) is 38.5 Å². The maximum absolute atomic E-state index is 12.4. The third-order valence-electron chi connectivity index (χ3n) is 10.1. The maximum Gasteiger partial charge on any atom is 0.469 e. The molecule has 0 aliphatic rings. The van der Waals surface area contributed by atoms with Gasteiger partial charge in [-0.05, 0) is 64.2 Å². The Morgan fingerprint density at radius 2 is 0.821 bits per heavy atom. The number of rotatable bonds is 43. The molecular formula is C47H87O8P. The molecule has 0 radical (unpaired) electrons. The van der Waals surface area contributed by atoms with Crippen LogP contribution in [0.5, 0.6) is 0 Å². The molecule has 56 heavy (non-hydrogen) atoms. The van der Waals surface area contributed by atoms with Gasteiger partial charge in [-0.25, -0.2) is 4.57 Å². The lowest BCUT2D eigenvalue weighted by Gasteiger charge is -2.18. The number of unbranched alkanes of at least 4 members (excludes halogenated alkanes) is 27. The van der Waals surface area contributed by atoms with Crippen LogP contribution >= 0.6 is 7.82 Å². The summed E-state index contributed by atoms with van der Waals surface area (Å²) in [6, 6.07) is 0. The third kappa shape index (κ3) is 45.0. The summed E-state index contributed by atoms with van der Waals surface area (Å²) in [4.78, 5) is 42.9. The molecular weight excluding hydrogens is 723 g/mol. The van der Waals surface area contributed by atoms with E-state index >= 15 is 0 Å². The van der Waals surface area contributed by atoms with Crippen molar-refractivity contribution in [1.29, 1.82) is 0 Å². The van der Waals surface area contributed by atoms with Gasteiger partial charge in [-0.3, -0.25) is 14.1 Å². The Morgan fingerprint density at radius 3 is 1.25 bits per heavy atom. The molecule has 0 spiro atoms. The molecule has 0 aliphatic carbocycles. The molecule has 0 heterocycles. The summed E-state index contributed by atoms with van der Waals surface area (Å²) in [6.07, 6.45) is 51.8. The van der Waals surface area contributed by atoms with Gasteiger partial charge in [0, 0.05) is 12.8 Å². The number of allylic oxidation sites excluding steroid dienone is 6. The van der Waals surface area contributed by atoms with Crippen molar-refractivity contribution < 1.29 is 37.9 Å². The summed E-state index contributed by atoms with van der Waals surface area (Å²) in [5.74, 6) is -0.954. The van der Waals surface area contributed by atoms with Crippen molar-refractivity contribution in [2.24, 2.45) is 0 Å². The molecule has 0 saturated carbocycles. The van der Waals surface area contributed by atoms with Gasteiger partial charge in [0.15, 0.2) is 6.10 Å². The molecule has 0 aromatic rings. The predicted molar refractivity (Wildman–Crippen MR) is 235 cm³/mol. The van der Waals surface area contributed by atoms with Crippen LogP contribution in [0.3, 0.4) is 0 Å². The van der Waals surface area contributed by atoms with Crippen LogP contribution in [0.1, 0.15) is 232 Å². The number of hydrogen-bond donors (Lipinski definition) is 2. The normalized spacial score (nSPS) is 12.7. The Hall–Kier alpha value is -1.73. The number of ether oxygens (including phenoxy) is 2. The first-order valence-corrected chi connectivity index (χ1v) is 24.8. The van der Waals surface area contributed by atoms with Crippen LogP contribution in [0, 0.1) is 0 Å². The van der Waals surface area contributed by atoms with E-state index in [9.17, 15) is 14.2 Å². The van der Waals surface area contributed by atoms with Crippen LogP contribution in [-0.4, -0.2) is 41.0 Å². The van der Waals surface area contributed by atoms with Gasteiger partial charge in [0.1, 0.15) is 6.61 Å². The number of phosphoric acid groups is 1. The second-order valence-corrected chi connectivity index (χ2v) is 17.0. The Bertz CT molecular complexity index is 1000. The Balaban J connectivity index is 3.89. The van der Waals surface area contributed by atoms with Gasteiger partial charge < -0.3 is 19.3 Å². The molecule has 0 rings (SSSR count). The molecule has 9 heteroatoms. The van der Waals surface area contributed by atoms with Gasteiger partial charge in [0.25, 0.3) is 0 Å². The van der Waals surface area contributed by atoms with E-state index in [2.05, 4.69) is 54.8 Å². The average Bonchev–Trinajstić information content (AvgIpc) is 3.17. The molecule has 0 aliphatic heterocycles. The zero-order chi connectivity index (χ0) is 41.1. The van der Waals surface area contributed by atoms with Gasteiger partial charge in [0.05, 0.1) is 6.61 Å². The number of phosphoric ester groups is 1. The standard InChI is InChI=1S/C47H87O8P/c1-3-5-7-9-11-13-15-17-19-20-21-22-23-24-25-26-28-30-32-34-36-38-40-42-47(49)55-45(44-54-56(50,51)52)43-53-46(48)41-39-37-35-33-31-29-27-18-16-14-12-10-8-6-4-2/h18,27,31,33-34,36,45H,3-17,19-26,28-30,32,35,37-44H2,1-2H3,(H2,50,51,52)/b27-18+,33-31+,36-34+/t45-/m1/s1. The lowest BCUT2D eigenvalue weighted by atomic mass is 10.0. The smallest absolute Gasteiger partial charge is 0.462 e. The van der Waals surface area contributed by atoms with Crippen LogP contribution in [0.15, 0.2) is 36.5 Å². The summed E-state index contributed by atoms with van der Waals surface area (Å²) >= 11 is 0. The predicted octanol–water partition coefficient (Wildman–Crippen LogP) is 14.5. The largest absolute Gasteiger partial charge is 0.469 e. The molecule has 0 saturated heterocycles. The SMILES string of the molecule is CCCCCCCC/C=C/C/C=C/CCCCC(=O)OC[C@H](COP(=O)(O)O)OC(=O)CCC/C=C/CCCCCCCCCCCCCCCCCCCC. The van der Waals surface area contributed by atoms with Gasteiger partial charge >= 0.3 is 19.8 Å². The monoisotopic (exact) mass is 811 g/mol. The Labute approximate surface area is 344 Å². The van der Waals surface area contributed by atoms with Crippen molar-refractivity contribution in [2.45, 2.75) is 238 Å². The average molecular weight is 811 g/mol. The maximum atomic E-state index is 12.4. The molecule has 328 valence electrons. The fraction of sp³-hybridized carbons (Fsp3) is 0.830. The summed E-state index contributed by atoms with van der Waals surface area (Å²) in [7, 11) is -4.77. The third-order valence-corrected chi connectivity index (χ3v) is 10.6. The molecule has 0 amide bonds. The second-order valence-electron chi connectivity index (χ2n) is 15.7. The highest BCUT2D eigenvalue weighted by Gasteiger charge is 2.22. The fourth-order valence-corrected chi connectivity index (χ4v) is 7.00. The molecule has 8 nitrogen and oxygen atoms in total. The lowest BCUT2D eigenvalue weighted by molar-refractivity contribution is -0.161. The quantitative estimate of drug-likeness (QED) is 0.0270. The number of carbonyl (C=O) groups is 2. The van der Waals surface area contributed by atoms with E-state index in [1.54, 1.807) is 0 Å². The van der Waals surface area contributed by atoms with E-state index in [1.165, 1.54) is 154 Å². The number of carbonyl (C=O) groups excluding carboxylic acids is 2. The van der Waals surface area contributed by atoms with Crippen LogP contribution in [0.25, 0.3) is 0 Å². The topological polar surface area (TPSA) is 119 Å². The first-order valence-electron chi connectivity index (χ1n) is 23.3. The van der Waals surface area contributed by atoms with Crippen LogP contribution in [0.4, 0.5) is 0 Å². The van der Waals surface area contributed by atoms with Gasteiger partial charge in [-0.1, -0.05) is 192 Å². The molecule has 0 unspecified atom stereocenters. The summed E-state index contributed by atoms with van der Waals surface area (Å²) in [5.41, 5.74) is 0. The van der Waals surface area contributed by atoms with Crippen molar-refractivity contribution in [3.8, 4) is 0 Å². The van der Waals surface area contributed by atoms with Gasteiger partial charge in [-0.15, -0.1) is 0 Å². The van der Waals surface area contributed by atoms with E-state index in [0.29, 0.717) is 12.8 Å².